The molecule has 1 saturated heterocycles. The van der Waals surface area contributed by atoms with Gasteiger partial charge in [-0.1, -0.05) is 34.7 Å². The van der Waals surface area contributed by atoms with Crippen LogP contribution in [0.15, 0.2) is 35.5 Å². The number of likely N-dealkylation sites (tertiary alicyclic amines) is 1. The summed E-state index contributed by atoms with van der Waals surface area (Å²) >= 11 is 6.35. The predicted molar refractivity (Wildman–Crippen MR) is 100 cm³/mol. The lowest BCUT2D eigenvalue weighted by Crippen LogP contribution is -2.69. The molecule has 0 bridgehead atoms. The molecule has 0 aliphatic carbocycles. The summed E-state index contributed by atoms with van der Waals surface area (Å²) in [5, 5.41) is 0. The number of β-lactam (4-membered cyclic amide) rings is 1. The Bertz CT molecular complexity index is 853. The molecule has 3 rings (SSSR count). The molecule has 10 heteroatoms. The zero-order chi connectivity index (χ0) is 19.9. The highest BCUT2D eigenvalue weighted by molar-refractivity contribution is 8.21. The average Bonchev–Trinajstić information content (AvgIpc) is 2.91. The third-order valence-corrected chi connectivity index (χ3v) is 5.70. The number of alkyl halides is 1. The van der Waals surface area contributed by atoms with Gasteiger partial charge >= 0.3 is 5.97 Å². The van der Waals surface area contributed by atoms with E-state index in [2.05, 4.69) is 0 Å². The minimum absolute atomic E-state index is 0.0384. The summed E-state index contributed by atoms with van der Waals surface area (Å²) < 4.78 is 4.74. The van der Waals surface area contributed by atoms with Crippen molar-refractivity contribution in [1.29, 1.82) is 0 Å². The second-order valence-electron chi connectivity index (χ2n) is 5.93. The van der Waals surface area contributed by atoms with Crippen molar-refractivity contribution in [2.24, 2.45) is 0 Å². The van der Waals surface area contributed by atoms with E-state index in [1.54, 1.807) is 19.1 Å². The standard InChI is InChI=1S/C17H14Cl2N2O5S/c1-8(7-27-19)11(17(25)26-2)20-13(18)12(16(20)24)21-14(22)9-5-3-4-6-10(9)15(21)23/h3-6,12-13H,7H2,1-2H3/b11-8-/t12-,13+/m1/s1. The van der Waals surface area contributed by atoms with Crippen molar-refractivity contribution >= 4 is 56.9 Å². The molecule has 0 saturated carbocycles. The monoisotopic (exact) mass is 428 g/mol. The van der Waals surface area contributed by atoms with Crippen molar-refractivity contribution < 1.29 is 23.9 Å². The number of ether oxygens (including phenoxy) is 1. The van der Waals surface area contributed by atoms with Crippen molar-refractivity contribution in [3.63, 3.8) is 0 Å². The molecular formula is C17H14Cl2N2O5S. The Hall–Kier alpha value is -2.03. The number of halogens is 2. The minimum atomic E-state index is -1.20. The summed E-state index contributed by atoms with van der Waals surface area (Å²) in [4.78, 5) is 52.0. The lowest BCUT2D eigenvalue weighted by molar-refractivity contribution is -0.153. The van der Waals surface area contributed by atoms with Gasteiger partial charge in [0.2, 0.25) is 0 Å². The van der Waals surface area contributed by atoms with Crippen molar-refractivity contribution in [1.82, 2.24) is 9.80 Å². The molecular weight excluding hydrogens is 415 g/mol. The number of benzene rings is 1. The molecule has 7 nitrogen and oxygen atoms in total. The van der Waals surface area contributed by atoms with Crippen molar-refractivity contribution in [2.45, 2.75) is 18.5 Å². The Morgan fingerprint density at radius 3 is 2.19 bits per heavy atom. The number of hydrogen-bond donors (Lipinski definition) is 0. The van der Waals surface area contributed by atoms with E-state index in [0.717, 1.165) is 20.8 Å². The van der Waals surface area contributed by atoms with Crippen LogP contribution >= 0.6 is 33.3 Å². The largest absolute Gasteiger partial charge is 0.464 e. The van der Waals surface area contributed by atoms with Gasteiger partial charge in [0, 0.05) is 5.75 Å². The van der Waals surface area contributed by atoms with Crippen LogP contribution in [0.5, 0.6) is 0 Å². The zero-order valence-corrected chi connectivity index (χ0v) is 16.6. The quantitative estimate of drug-likeness (QED) is 0.179. The Kier molecular flexibility index (Phi) is 5.50. The number of hydrogen-bond acceptors (Lipinski definition) is 6. The molecule has 2 aliphatic rings. The van der Waals surface area contributed by atoms with Gasteiger partial charge in [0.1, 0.15) is 11.2 Å². The molecule has 1 aromatic rings. The first-order valence-electron chi connectivity index (χ1n) is 7.80. The molecule has 2 atom stereocenters. The van der Waals surface area contributed by atoms with Crippen LogP contribution < -0.4 is 0 Å². The lowest BCUT2D eigenvalue weighted by Gasteiger charge is -2.46. The average molecular weight is 429 g/mol. The van der Waals surface area contributed by atoms with Gasteiger partial charge in [-0.3, -0.25) is 24.2 Å². The minimum Gasteiger partial charge on any atom is -0.464 e. The van der Waals surface area contributed by atoms with Gasteiger partial charge in [-0.2, -0.15) is 0 Å². The first-order valence-corrected chi connectivity index (χ1v) is 10.1. The van der Waals surface area contributed by atoms with Crippen LogP contribution in [0.25, 0.3) is 0 Å². The van der Waals surface area contributed by atoms with E-state index in [0.29, 0.717) is 5.57 Å². The normalized spacial score (nSPS) is 22.4. The van der Waals surface area contributed by atoms with Crippen molar-refractivity contribution in [2.75, 3.05) is 12.9 Å². The molecule has 0 N–H and O–H groups in total. The maximum absolute atomic E-state index is 12.8. The number of fused-ring (bicyclic) bond motifs is 1. The third kappa shape index (κ3) is 3.01. The molecule has 27 heavy (non-hydrogen) atoms. The van der Waals surface area contributed by atoms with Gasteiger partial charge in [-0.15, -0.1) is 0 Å². The van der Waals surface area contributed by atoms with Gasteiger partial charge in [0.05, 0.1) is 18.2 Å². The molecule has 2 heterocycles. The second kappa shape index (κ2) is 7.53. The second-order valence-corrected chi connectivity index (χ2v) is 7.53. The number of amides is 3. The van der Waals surface area contributed by atoms with Crippen molar-refractivity contribution in [3.8, 4) is 0 Å². The Labute approximate surface area is 168 Å². The number of methoxy groups -OCH3 is 1. The Morgan fingerprint density at radius 1 is 1.19 bits per heavy atom. The third-order valence-electron chi connectivity index (χ3n) is 4.40. The maximum Gasteiger partial charge on any atom is 0.354 e. The lowest BCUT2D eigenvalue weighted by atomic mass is 10.0. The zero-order valence-electron chi connectivity index (χ0n) is 14.3. The fourth-order valence-corrected chi connectivity index (χ4v) is 4.30. The summed E-state index contributed by atoms with van der Waals surface area (Å²) in [6, 6.07) is 5.09. The Morgan fingerprint density at radius 2 is 1.74 bits per heavy atom. The molecule has 0 spiro atoms. The molecule has 2 aliphatic heterocycles. The van der Waals surface area contributed by atoms with E-state index in [1.807, 2.05) is 0 Å². The highest BCUT2D eigenvalue weighted by Crippen LogP contribution is 2.38. The van der Waals surface area contributed by atoms with Crippen LogP contribution in [0.4, 0.5) is 0 Å². The summed E-state index contributed by atoms with van der Waals surface area (Å²) in [7, 11) is 7.77. The summed E-state index contributed by atoms with van der Waals surface area (Å²) in [5.74, 6) is -2.30. The molecule has 0 radical (unpaired) electrons. The topological polar surface area (TPSA) is 84.0 Å². The fourth-order valence-electron chi connectivity index (χ4n) is 3.09. The van der Waals surface area contributed by atoms with Gasteiger partial charge in [-0.25, -0.2) is 4.79 Å². The number of nitrogens with zero attached hydrogens (tertiary/aromatic N) is 2. The first kappa shape index (κ1) is 19.7. The summed E-state index contributed by atoms with van der Waals surface area (Å²) in [5.41, 5.74) is -0.207. The van der Waals surface area contributed by atoms with Gasteiger partial charge in [0.15, 0.2) is 6.04 Å². The van der Waals surface area contributed by atoms with Crippen LogP contribution in [0.2, 0.25) is 0 Å². The van der Waals surface area contributed by atoms with Crippen LogP contribution in [0.1, 0.15) is 27.6 Å². The van der Waals surface area contributed by atoms with Crippen LogP contribution in [0.3, 0.4) is 0 Å². The highest BCUT2D eigenvalue weighted by atomic mass is 35.7. The number of esters is 1. The number of carbonyl (C=O) groups excluding carboxylic acids is 4. The Balaban J connectivity index is 1.92. The van der Waals surface area contributed by atoms with Crippen LogP contribution in [-0.2, 0) is 14.3 Å². The highest BCUT2D eigenvalue weighted by Gasteiger charge is 2.58. The molecule has 1 aromatic carbocycles. The fraction of sp³-hybridized carbons (Fsp3) is 0.294. The van der Waals surface area contributed by atoms with Crippen LogP contribution in [-0.4, -0.2) is 57.9 Å². The number of carbonyl (C=O) groups is 4. The van der Waals surface area contributed by atoms with E-state index in [9.17, 15) is 19.2 Å². The van der Waals surface area contributed by atoms with E-state index >= 15 is 0 Å². The van der Waals surface area contributed by atoms with E-state index in [-0.39, 0.29) is 22.6 Å². The van der Waals surface area contributed by atoms with Gasteiger partial charge in [0.25, 0.3) is 17.7 Å². The van der Waals surface area contributed by atoms with Crippen LogP contribution in [0, 0.1) is 0 Å². The SMILES string of the molecule is COC(=O)/C(=C(\C)CSCl)N1C(=O)[C@H](N2C(=O)c3ccccc3C2=O)[C@H]1Cl. The van der Waals surface area contributed by atoms with E-state index < -0.39 is 35.2 Å². The smallest absolute Gasteiger partial charge is 0.354 e. The molecule has 0 unspecified atom stereocenters. The van der Waals surface area contributed by atoms with E-state index in [4.69, 9.17) is 27.0 Å². The molecule has 0 aromatic heterocycles. The van der Waals surface area contributed by atoms with Gasteiger partial charge < -0.3 is 4.74 Å². The molecule has 142 valence electrons. The molecule has 3 amide bonds. The van der Waals surface area contributed by atoms with Crippen molar-refractivity contribution in [3.05, 3.63) is 46.7 Å². The predicted octanol–water partition coefficient (Wildman–Crippen LogP) is 2.39. The first-order chi connectivity index (χ1) is 12.8. The number of imide groups is 1. The number of rotatable bonds is 5. The van der Waals surface area contributed by atoms with E-state index in [1.165, 1.54) is 19.2 Å². The van der Waals surface area contributed by atoms with Gasteiger partial charge in [-0.05, 0) is 35.3 Å². The maximum atomic E-state index is 12.8. The summed E-state index contributed by atoms with van der Waals surface area (Å²) in [6.07, 6.45) is 0. The molecule has 1 fully saturated rings. The summed E-state index contributed by atoms with van der Waals surface area (Å²) in [6.45, 7) is 1.62.